The van der Waals surface area contributed by atoms with E-state index in [9.17, 15) is 9.59 Å². The standard InChI is InChI=1S/C17H31NO5/c1-9-21-14(19)11(2)10-13-12(3)22-17(7,8)18(13)15(20)23-16(4,5)6/h11-13H,9-10H2,1-8H3/t11?,12-,13-/m1/s1. The van der Waals surface area contributed by atoms with Gasteiger partial charge in [0.05, 0.1) is 24.7 Å². The first kappa shape index (κ1) is 19.7. The predicted molar refractivity (Wildman–Crippen MR) is 86.9 cm³/mol. The SMILES string of the molecule is CCOC(=O)C(C)C[C@@H]1[C@@H](C)OC(C)(C)N1C(=O)OC(C)(C)C. The fourth-order valence-electron chi connectivity index (χ4n) is 2.91. The van der Waals surface area contributed by atoms with E-state index in [-0.39, 0.29) is 24.0 Å². The number of nitrogens with zero attached hydrogens (tertiary/aromatic N) is 1. The molecule has 1 aliphatic heterocycles. The summed E-state index contributed by atoms with van der Waals surface area (Å²) >= 11 is 0. The van der Waals surface area contributed by atoms with Crippen LogP contribution in [0.5, 0.6) is 0 Å². The number of carbonyl (C=O) groups excluding carboxylic acids is 2. The van der Waals surface area contributed by atoms with Crippen molar-refractivity contribution in [2.75, 3.05) is 6.61 Å². The minimum absolute atomic E-state index is 0.186. The number of rotatable bonds is 4. The average Bonchev–Trinajstić information content (AvgIpc) is 2.56. The number of carbonyl (C=O) groups is 2. The molecule has 0 radical (unpaired) electrons. The summed E-state index contributed by atoms with van der Waals surface area (Å²) in [5, 5.41) is 0. The third kappa shape index (κ3) is 5.09. The van der Waals surface area contributed by atoms with Gasteiger partial charge in [-0.05, 0) is 54.9 Å². The molecule has 1 heterocycles. The molecule has 134 valence electrons. The van der Waals surface area contributed by atoms with Crippen LogP contribution in [-0.4, -0.2) is 47.0 Å². The first-order valence-corrected chi connectivity index (χ1v) is 8.25. The van der Waals surface area contributed by atoms with Gasteiger partial charge in [0, 0.05) is 0 Å². The van der Waals surface area contributed by atoms with Crippen LogP contribution in [0.4, 0.5) is 4.79 Å². The maximum absolute atomic E-state index is 12.6. The Kier molecular flexibility index (Phi) is 6.07. The van der Waals surface area contributed by atoms with E-state index >= 15 is 0 Å². The highest BCUT2D eigenvalue weighted by Crippen LogP contribution is 2.36. The van der Waals surface area contributed by atoms with Crippen molar-refractivity contribution >= 4 is 12.1 Å². The second-order valence-electron chi connectivity index (χ2n) is 7.58. The molecule has 0 aromatic heterocycles. The van der Waals surface area contributed by atoms with Crippen LogP contribution in [0.1, 0.15) is 61.8 Å². The lowest BCUT2D eigenvalue weighted by Crippen LogP contribution is -2.50. The summed E-state index contributed by atoms with van der Waals surface area (Å²) in [7, 11) is 0. The fourth-order valence-corrected chi connectivity index (χ4v) is 2.91. The molecular formula is C17H31NO5. The molecular weight excluding hydrogens is 298 g/mol. The fraction of sp³-hybridized carbons (Fsp3) is 0.882. The molecule has 0 aromatic rings. The van der Waals surface area contributed by atoms with E-state index in [1.807, 2.05) is 48.5 Å². The Balaban J connectivity index is 2.93. The summed E-state index contributed by atoms with van der Waals surface area (Å²) in [5.41, 5.74) is -1.36. The lowest BCUT2D eigenvalue weighted by atomic mass is 9.97. The van der Waals surface area contributed by atoms with Crippen molar-refractivity contribution < 1.29 is 23.8 Å². The van der Waals surface area contributed by atoms with Crippen molar-refractivity contribution in [3.63, 3.8) is 0 Å². The summed E-state index contributed by atoms with van der Waals surface area (Å²) in [5.74, 6) is -0.571. The Morgan fingerprint density at radius 1 is 1.30 bits per heavy atom. The van der Waals surface area contributed by atoms with Gasteiger partial charge in [-0.25, -0.2) is 4.79 Å². The molecule has 0 N–H and O–H groups in total. The Bertz CT molecular complexity index is 441. The Morgan fingerprint density at radius 3 is 2.35 bits per heavy atom. The van der Waals surface area contributed by atoms with Crippen LogP contribution in [0, 0.1) is 5.92 Å². The van der Waals surface area contributed by atoms with Crippen molar-refractivity contribution in [1.29, 1.82) is 0 Å². The second-order valence-corrected chi connectivity index (χ2v) is 7.58. The normalized spacial score (nSPS) is 25.1. The molecule has 1 amide bonds. The predicted octanol–water partition coefficient (Wildman–Crippen LogP) is 3.34. The molecule has 0 spiro atoms. The molecule has 6 nitrogen and oxygen atoms in total. The summed E-state index contributed by atoms with van der Waals surface area (Å²) in [6.07, 6.45) is -0.134. The van der Waals surface area contributed by atoms with E-state index < -0.39 is 17.4 Å². The molecule has 1 unspecified atom stereocenters. The highest BCUT2D eigenvalue weighted by atomic mass is 16.6. The molecule has 0 aliphatic carbocycles. The molecule has 1 fully saturated rings. The topological polar surface area (TPSA) is 65.1 Å². The summed E-state index contributed by atoms with van der Waals surface area (Å²) in [4.78, 5) is 26.1. The lowest BCUT2D eigenvalue weighted by Gasteiger charge is -2.35. The number of hydrogen-bond acceptors (Lipinski definition) is 5. The van der Waals surface area contributed by atoms with Crippen molar-refractivity contribution in [1.82, 2.24) is 4.90 Å². The average molecular weight is 329 g/mol. The summed E-state index contributed by atoms with van der Waals surface area (Å²) < 4.78 is 16.5. The van der Waals surface area contributed by atoms with E-state index in [4.69, 9.17) is 14.2 Å². The van der Waals surface area contributed by atoms with Gasteiger partial charge in [-0.3, -0.25) is 9.69 Å². The van der Waals surface area contributed by atoms with Crippen LogP contribution < -0.4 is 0 Å². The van der Waals surface area contributed by atoms with E-state index in [1.54, 1.807) is 11.8 Å². The van der Waals surface area contributed by atoms with Gasteiger partial charge in [-0.2, -0.15) is 0 Å². The highest BCUT2D eigenvalue weighted by molar-refractivity contribution is 5.73. The zero-order chi connectivity index (χ0) is 18.0. The van der Waals surface area contributed by atoms with Crippen molar-refractivity contribution in [3.05, 3.63) is 0 Å². The highest BCUT2D eigenvalue weighted by Gasteiger charge is 2.50. The lowest BCUT2D eigenvalue weighted by molar-refractivity contribution is -0.148. The summed E-state index contributed by atoms with van der Waals surface area (Å²) in [6.45, 7) is 15.0. The molecule has 0 bridgehead atoms. The molecule has 1 rings (SSSR count). The molecule has 1 saturated heterocycles. The quantitative estimate of drug-likeness (QED) is 0.740. The molecule has 3 atom stereocenters. The van der Waals surface area contributed by atoms with Gasteiger partial charge in [-0.15, -0.1) is 0 Å². The van der Waals surface area contributed by atoms with Crippen molar-refractivity contribution in [2.45, 2.75) is 85.3 Å². The number of amides is 1. The van der Waals surface area contributed by atoms with E-state index in [0.29, 0.717) is 13.0 Å². The van der Waals surface area contributed by atoms with Gasteiger partial charge < -0.3 is 14.2 Å². The van der Waals surface area contributed by atoms with E-state index in [2.05, 4.69) is 0 Å². The van der Waals surface area contributed by atoms with Gasteiger partial charge in [-0.1, -0.05) is 6.92 Å². The van der Waals surface area contributed by atoms with E-state index in [0.717, 1.165) is 0 Å². The first-order valence-electron chi connectivity index (χ1n) is 8.25. The molecule has 6 heteroatoms. The number of hydrogen-bond donors (Lipinski definition) is 0. The third-order valence-electron chi connectivity index (χ3n) is 3.80. The van der Waals surface area contributed by atoms with Crippen molar-refractivity contribution in [2.24, 2.45) is 5.92 Å². The minimum atomic E-state index is -0.777. The Hall–Kier alpha value is -1.30. The van der Waals surface area contributed by atoms with Crippen LogP contribution in [0.3, 0.4) is 0 Å². The maximum Gasteiger partial charge on any atom is 0.412 e. The van der Waals surface area contributed by atoms with Crippen LogP contribution in [-0.2, 0) is 19.0 Å². The van der Waals surface area contributed by atoms with Crippen LogP contribution >= 0.6 is 0 Å². The first-order chi connectivity index (χ1) is 10.4. The molecule has 1 aliphatic rings. The summed E-state index contributed by atoms with van der Waals surface area (Å²) in [6, 6.07) is -0.237. The largest absolute Gasteiger partial charge is 0.466 e. The van der Waals surface area contributed by atoms with Gasteiger partial charge in [0.25, 0.3) is 0 Å². The molecule has 23 heavy (non-hydrogen) atoms. The molecule has 0 aromatic carbocycles. The van der Waals surface area contributed by atoms with Gasteiger partial charge in [0.1, 0.15) is 11.3 Å². The molecule has 0 saturated carbocycles. The number of esters is 1. The van der Waals surface area contributed by atoms with Crippen LogP contribution in [0.2, 0.25) is 0 Å². The monoisotopic (exact) mass is 329 g/mol. The Morgan fingerprint density at radius 2 is 1.87 bits per heavy atom. The zero-order valence-corrected chi connectivity index (χ0v) is 15.6. The van der Waals surface area contributed by atoms with Crippen LogP contribution in [0.15, 0.2) is 0 Å². The minimum Gasteiger partial charge on any atom is -0.466 e. The van der Waals surface area contributed by atoms with Crippen LogP contribution in [0.25, 0.3) is 0 Å². The maximum atomic E-state index is 12.6. The smallest absolute Gasteiger partial charge is 0.412 e. The third-order valence-corrected chi connectivity index (χ3v) is 3.80. The van der Waals surface area contributed by atoms with E-state index in [1.165, 1.54) is 0 Å². The van der Waals surface area contributed by atoms with Crippen molar-refractivity contribution in [3.8, 4) is 0 Å². The zero-order valence-electron chi connectivity index (χ0n) is 15.6. The van der Waals surface area contributed by atoms with Gasteiger partial charge >= 0.3 is 12.1 Å². The van der Waals surface area contributed by atoms with Gasteiger partial charge in [0.15, 0.2) is 0 Å². The second kappa shape index (κ2) is 7.07. The number of ether oxygens (including phenoxy) is 3. The Labute approximate surface area is 139 Å². The van der Waals surface area contributed by atoms with Gasteiger partial charge in [0.2, 0.25) is 0 Å².